The third kappa shape index (κ3) is 4.20. The maximum atomic E-state index is 12.8. The summed E-state index contributed by atoms with van der Waals surface area (Å²) in [5.74, 6) is 0.321. The number of amides is 1. The largest absolute Gasteiger partial charge is 0.399 e. The van der Waals surface area contributed by atoms with Crippen molar-refractivity contribution < 1.29 is 9.63 Å². The molecule has 0 aliphatic carbocycles. The zero-order chi connectivity index (χ0) is 19.2. The van der Waals surface area contributed by atoms with Crippen molar-refractivity contribution in [3.63, 3.8) is 0 Å². The van der Waals surface area contributed by atoms with Gasteiger partial charge in [0, 0.05) is 12.1 Å². The summed E-state index contributed by atoms with van der Waals surface area (Å²) in [6.45, 7) is 2.60. The molecule has 0 atom stereocenters. The Bertz CT molecular complexity index is 1030. The number of nitrogens with zero attached hydrogens (tertiary/aromatic N) is 3. The first-order valence-corrected chi connectivity index (χ1v) is 8.56. The maximum absolute atomic E-state index is 12.8. The van der Waals surface area contributed by atoms with E-state index < -0.39 is 0 Å². The number of aromatic amines is 1. The van der Waals surface area contributed by atoms with E-state index in [1.165, 1.54) is 7.11 Å². The Hall–Kier alpha value is -3.48. The van der Waals surface area contributed by atoms with Crippen molar-refractivity contribution in [1.82, 2.24) is 14.9 Å². The Kier molecular flexibility index (Phi) is 5.61. The quantitative estimate of drug-likeness (QED) is 0.538. The van der Waals surface area contributed by atoms with E-state index in [9.17, 15) is 9.59 Å². The molecule has 7 nitrogen and oxygen atoms in total. The fourth-order valence-corrected chi connectivity index (χ4v) is 2.73. The smallest absolute Gasteiger partial charge is 0.258 e. The Morgan fingerprint density at radius 3 is 2.67 bits per heavy atom. The van der Waals surface area contributed by atoms with E-state index in [1.54, 1.807) is 53.6 Å². The van der Waals surface area contributed by atoms with Gasteiger partial charge in [-0.05, 0) is 36.8 Å². The summed E-state index contributed by atoms with van der Waals surface area (Å²) in [7, 11) is 1.47. The second kappa shape index (κ2) is 8.27. The van der Waals surface area contributed by atoms with Crippen LogP contribution in [0.15, 0.2) is 58.5 Å². The van der Waals surface area contributed by atoms with Gasteiger partial charge in [0.05, 0.1) is 23.7 Å². The van der Waals surface area contributed by atoms with Crippen LogP contribution in [0.3, 0.4) is 0 Å². The van der Waals surface area contributed by atoms with E-state index in [0.717, 1.165) is 5.56 Å². The van der Waals surface area contributed by atoms with Gasteiger partial charge in [0.1, 0.15) is 12.9 Å². The van der Waals surface area contributed by atoms with Crippen LogP contribution < -0.4 is 5.56 Å². The topological polar surface area (TPSA) is 87.7 Å². The number of oxime groups is 1. The molecule has 1 heterocycles. The molecule has 7 heteroatoms. The van der Waals surface area contributed by atoms with E-state index in [2.05, 4.69) is 20.0 Å². The molecule has 2 aromatic carbocycles. The monoisotopic (exact) mass is 364 g/mol. The van der Waals surface area contributed by atoms with Gasteiger partial charge in [-0.1, -0.05) is 29.4 Å². The molecule has 0 aliphatic heterocycles. The Morgan fingerprint density at radius 1 is 1.22 bits per heavy atom. The number of H-pyrrole nitrogens is 1. The highest BCUT2D eigenvalue weighted by Crippen LogP contribution is 2.11. The van der Waals surface area contributed by atoms with Crippen molar-refractivity contribution in [2.75, 3.05) is 13.7 Å². The molecule has 0 spiro atoms. The van der Waals surface area contributed by atoms with Crippen LogP contribution in [0, 0.1) is 0 Å². The van der Waals surface area contributed by atoms with Gasteiger partial charge in [-0.2, -0.15) is 0 Å². The van der Waals surface area contributed by atoms with Gasteiger partial charge in [-0.3, -0.25) is 9.59 Å². The number of hydrogen-bond donors (Lipinski definition) is 1. The van der Waals surface area contributed by atoms with Crippen LogP contribution in [0.2, 0.25) is 0 Å². The van der Waals surface area contributed by atoms with Gasteiger partial charge in [-0.25, -0.2) is 4.98 Å². The number of para-hydroxylation sites is 1. The summed E-state index contributed by atoms with van der Waals surface area (Å²) in [6.07, 6.45) is 1.57. The van der Waals surface area contributed by atoms with E-state index in [0.29, 0.717) is 28.8 Å². The highest BCUT2D eigenvalue weighted by Gasteiger charge is 2.16. The summed E-state index contributed by atoms with van der Waals surface area (Å²) in [5, 5.41) is 4.23. The molecule has 138 valence electrons. The minimum atomic E-state index is -0.208. The summed E-state index contributed by atoms with van der Waals surface area (Å²) in [4.78, 5) is 38.5. The average Bonchev–Trinajstić information content (AvgIpc) is 2.70. The average molecular weight is 364 g/mol. The molecule has 0 fully saturated rings. The summed E-state index contributed by atoms with van der Waals surface area (Å²) < 4.78 is 0. The Labute approximate surface area is 156 Å². The molecule has 0 unspecified atom stereocenters. The normalized spacial score (nSPS) is 11.0. The predicted octanol–water partition coefficient (Wildman–Crippen LogP) is 2.57. The number of benzene rings is 2. The first kappa shape index (κ1) is 18.3. The van der Waals surface area contributed by atoms with Crippen molar-refractivity contribution in [2.45, 2.75) is 13.5 Å². The summed E-state index contributed by atoms with van der Waals surface area (Å²) >= 11 is 0. The number of rotatable bonds is 6. The molecule has 1 amide bonds. The molecule has 0 aliphatic rings. The third-order valence-electron chi connectivity index (χ3n) is 4.14. The zero-order valence-corrected chi connectivity index (χ0v) is 15.2. The van der Waals surface area contributed by atoms with Crippen molar-refractivity contribution >= 4 is 23.0 Å². The van der Waals surface area contributed by atoms with Crippen LogP contribution in [0.4, 0.5) is 0 Å². The van der Waals surface area contributed by atoms with Crippen LogP contribution in [0.5, 0.6) is 0 Å². The highest BCUT2D eigenvalue weighted by molar-refractivity contribution is 5.95. The van der Waals surface area contributed by atoms with Gasteiger partial charge in [-0.15, -0.1) is 0 Å². The van der Waals surface area contributed by atoms with E-state index in [-0.39, 0.29) is 18.0 Å². The SMILES string of the molecule is CCN(Cc1nc2ccccc2c(=O)[nH]1)C(=O)c1ccc(C=NOC)cc1. The second-order valence-corrected chi connectivity index (χ2v) is 5.89. The number of hydrogen-bond acceptors (Lipinski definition) is 5. The standard InChI is InChI=1S/C20H20N4O3/c1-3-24(20(26)15-10-8-14(9-11-15)12-21-27-2)13-18-22-17-7-5-4-6-16(17)19(25)23-18/h4-12H,3,13H2,1-2H3,(H,22,23,25). The van der Waals surface area contributed by atoms with Crippen molar-refractivity contribution in [3.8, 4) is 0 Å². The molecular formula is C20H20N4O3. The Balaban J connectivity index is 1.81. The lowest BCUT2D eigenvalue weighted by Crippen LogP contribution is -2.32. The zero-order valence-electron chi connectivity index (χ0n) is 15.2. The number of nitrogens with one attached hydrogen (secondary N) is 1. The lowest BCUT2D eigenvalue weighted by molar-refractivity contribution is 0.0748. The molecule has 27 heavy (non-hydrogen) atoms. The lowest BCUT2D eigenvalue weighted by Gasteiger charge is -2.20. The molecule has 3 rings (SSSR count). The predicted molar refractivity (Wildman–Crippen MR) is 104 cm³/mol. The van der Waals surface area contributed by atoms with Crippen LogP contribution in [0.25, 0.3) is 10.9 Å². The van der Waals surface area contributed by atoms with E-state index in [1.807, 2.05) is 13.0 Å². The van der Waals surface area contributed by atoms with Crippen molar-refractivity contribution in [3.05, 3.63) is 75.8 Å². The molecule has 0 saturated carbocycles. The molecule has 1 N–H and O–H groups in total. The molecule has 0 radical (unpaired) electrons. The second-order valence-electron chi connectivity index (χ2n) is 5.89. The number of aromatic nitrogens is 2. The van der Waals surface area contributed by atoms with Crippen LogP contribution in [0.1, 0.15) is 28.7 Å². The maximum Gasteiger partial charge on any atom is 0.258 e. The molecule has 0 bridgehead atoms. The van der Waals surface area contributed by atoms with E-state index >= 15 is 0 Å². The number of fused-ring (bicyclic) bond motifs is 1. The minimum absolute atomic E-state index is 0.136. The van der Waals surface area contributed by atoms with Gasteiger partial charge in [0.15, 0.2) is 0 Å². The first-order valence-electron chi connectivity index (χ1n) is 8.56. The molecule has 3 aromatic rings. The fraction of sp³-hybridized carbons (Fsp3) is 0.200. The van der Waals surface area contributed by atoms with Crippen molar-refractivity contribution in [1.29, 1.82) is 0 Å². The van der Waals surface area contributed by atoms with Crippen LogP contribution in [-0.4, -0.2) is 40.6 Å². The molecule has 0 saturated heterocycles. The van der Waals surface area contributed by atoms with Gasteiger partial charge in [0.25, 0.3) is 11.5 Å². The lowest BCUT2D eigenvalue weighted by atomic mass is 10.1. The first-order chi connectivity index (χ1) is 13.1. The molecular weight excluding hydrogens is 344 g/mol. The Morgan fingerprint density at radius 2 is 1.96 bits per heavy atom. The summed E-state index contributed by atoms with van der Waals surface area (Å²) in [5.41, 5.74) is 1.79. The van der Waals surface area contributed by atoms with Gasteiger partial charge in [0.2, 0.25) is 0 Å². The number of carbonyl (C=O) groups excluding carboxylic acids is 1. The number of carbonyl (C=O) groups is 1. The molecule has 1 aromatic heterocycles. The van der Waals surface area contributed by atoms with Crippen molar-refractivity contribution in [2.24, 2.45) is 5.16 Å². The van der Waals surface area contributed by atoms with Crippen LogP contribution >= 0.6 is 0 Å². The highest BCUT2D eigenvalue weighted by atomic mass is 16.6. The van der Waals surface area contributed by atoms with Gasteiger partial charge >= 0.3 is 0 Å². The fourth-order valence-electron chi connectivity index (χ4n) is 2.73. The van der Waals surface area contributed by atoms with Gasteiger partial charge < -0.3 is 14.7 Å². The van der Waals surface area contributed by atoms with E-state index in [4.69, 9.17) is 0 Å². The summed E-state index contributed by atoms with van der Waals surface area (Å²) in [6, 6.07) is 14.2. The minimum Gasteiger partial charge on any atom is -0.399 e. The van der Waals surface area contributed by atoms with Crippen LogP contribution in [-0.2, 0) is 11.4 Å². The third-order valence-corrected chi connectivity index (χ3v) is 4.14.